The number of ketones is 1. The number of carbonyl (C=O) groups excluding carboxylic acids is 2. The van der Waals surface area contributed by atoms with Crippen LogP contribution in [0.3, 0.4) is 0 Å². The molecule has 2 fully saturated rings. The highest BCUT2D eigenvalue weighted by atomic mass is 16.7. The lowest BCUT2D eigenvalue weighted by molar-refractivity contribution is -0.310. The smallest absolute Gasteiger partial charge is 0.311 e. The van der Waals surface area contributed by atoms with E-state index in [0.717, 1.165) is 6.42 Å². The molecule has 15 atom stereocenters. The zero-order valence-electron chi connectivity index (χ0n) is 32.2. The third kappa shape index (κ3) is 14.7. The van der Waals surface area contributed by atoms with Crippen LogP contribution in [0.1, 0.15) is 78.6 Å². The number of carboxylic acids is 1. The molecule has 2 saturated heterocycles. The predicted octanol–water partition coefficient (Wildman–Crippen LogP) is 0.840. The molecule has 0 saturated carbocycles. The zero-order valence-corrected chi connectivity index (χ0v) is 32.2. The maximum Gasteiger partial charge on any atom is 0.311 e. The van der Waals surface area contributed by atoms with Crippen LogP contribution in [0.4, 0.5) is 0 Å². The molecule has 0 spiro atoms. The maximum absolute atomic E-state index is 12.6. The Labute approximate surface area is 327 Å². The number of allylic oxidation sites excluding steroid dienone is 8. The number of aliphatic carboxylic acids is 1. The minimum absolute atomic E-state index is 0.0294. The molecule has 2 bridgehead atoms. The van der Waals surface area contributed by atoms with E-state index in [1.54, 1.807) is 48.6 Å². The third-order valence-electron chi connectivity index (χ3n) is 10.4. The van der Waals surface area contributed by atoms with Gasteiger partial charge in [-0.2, -0.15) is 0 Å². The molecule has 10 N–H and O–H groups in total. The van der Waals surface area contributed by atoms with Crippen molar-refractivity contribution in [3.8, 4) is 0 Å². The second-order valence-electron chi connectivity index (χ2n) is 15.0. The van der Waals surface area contributed by atoms with Gasteiger partial charge in [0.25, 0.3) is 0 Å². The fourth-order valence-corrected chi connectivity index (χ4v) is 6.85. The Bertz CT molecular complexity index is 1420. The Hall–Kier alpha value is -3.13. The molecule has 56 heavy (non-hydrogen) atoms. The summed E-state index contributed by atoms with van der Waals surface area (Å²) in [6.07, 6.45) is 1.21. The van der Waals surface area contributed by atoms with E-state index in [1.165, 1.54) is 13.0 Å². The number of carboxylic acid groups (broad SMARTS) is 1. The van der Waals surface area contributed by atoms with Crippen molar-refractivity contribution < 1.29 is 74.2 Å². The fraction of sp³-hybridized carbons (Fsp3) is 0.675. The van der Waals surface area contributed by atoms with Gasteiger partial charge < -0.3 is 65.5 Å². The first-order valence-corrected chi connectivity index (χ1v) is 19.3. The monoisotopic (exact) mass is 795 g/mol. The summed E-state index contributed by atoms with van der Waals surface area (Å²) < 4.78 is 23.2. The lowest BCUT2D eigenvalue weighted by Crippen LogP contribution is -2.61. The first kappa shape index (κ1) is 47.2. The number of aliphatic hydroxyl groups is 7. The number of rotatable bonds is 5. The van der Waals surface area contributed by atoms with Gasteiger partial charge in [0.2, 0.25) is 0 Å². The number of nitrogens with two attached hydrogens (primary N) is 1. The molecule has 0 aliphatic carbocycles. The molecule has 3 heterocycles. The van der Waals surface area contributed by atoms with Crippen molar-refractivity contribution in [3.63, 3.8) is 0 Å². The average molecular weight is 796 g/mol. The lowest BCUT2D eigenvalue weighted by Gasteiger charge is -2.45. The van der Waals surface area contributed by atoms with E-state index in [9.17, 15) is 55.2 Å². The molecule has 0 aromatic rings. The molecule has 3 rings (SSSR count). The van der Waals surface area contributed by atoms with Gasteiger partial charge in [-0.05, 0) is 19.3 Å². The summed E-state index contributed by atoms with van der Waals surface area (Å²) in [6, 6.07) is -1.13. The molecule has 10 unspecified atom stereocenters. The molecule has 0 aromatic carbocycles. The van der Waals surface area contributed by atoms with E-state index in [4.69, 9.17) is 24.7 Å². The number of ether oxygens (including phenoxy) is 4. The van der Waals surface area contributed by atoms with Crippen molar-refractivity contribution in [2.24, 2.45) is 17.6 Å². The Morgan fingerprint density at radius 2 is 1.55 bits per heavy atom. The van der Waals surface area contributed by atoms with Gasteiger partial charge in [0, 0.05) is 38.5 Å². The molecule has 3 aliphatic heterocycles. The van der Waals surface area contributed by atoms with Crippen LogP contribution in [0.2, 0.25) is 0 Å². The number of hydrogen-bond acceptors (Lipinski definition) is 15. The van der Waals surface area contributed by atoms with E-state index in [0.29, 0.717) is 6.42 Å². The Morgan fingerprint density at radius 3 is 2.20 bits per heavy atom. The topological polar surface area (TPSA) is 276 Å². The summed E-state index contributed by atoms with van der Waals surface area (Å²) >= 11 is 0. The predicted molar refractivity (Wildman–Crippen MR) is 201 cm³/mol. The van der Waals surface area contributed by atoms with E-state index >= 15 is 0 Å². The van der Waals surface area contributed by atoms with E-state index < -0.39 is 128 Å². The first-order chi connectivity index (χ1) is 26.4. The van der Waals surface area contributed by atoms with E-state index in [-0.39, 0.29) is 25.2 Å². The molecule has 0 aromatic heterocycles. The number of cyclic esters (lactones) is 1. The number of aliphatic hydroxyl groups excluding tert-OH is 6. The summed E-state index contributed by atoms with van der Waals surface area (Å²) in [6.45, 7) is 5.45. The number of hydrogen-bond donors (Lipinski definition) is 9. The highest BCUT2D eigenvalue weighted by Crippen LogP contribution is 2.38. The van der Waals surface area contributed by atoms with E-state index in [1.807, 2.05) is 19.9 Å². The maximum atomic E-state index is 12.6. The van der Waals surface area contributed by atoms with Crippen molar-refractivity contribution in [2.45, 2.75) is 158 Å². The summed E-state index contributed by atoms with van der Waals surface area (Å²) in [5.74, 6) is -6.47. The molecule has 0 amide bonds. The van der Waals surface area contributed by atoms with E-state index in [2.05, 4.69) is 0 Å². The minimum atomic E-state index is -2.34. The second-order valence-corrected chi connectivity index (χ2v) is 15.0. The fourth-order valence-electron chi connectivity index (χ4n) is 6.85. The summed E-state index contributed by atoms with van der Waals surface area (Å²) in [4.78, 5) is 37.7. The minimum Gasteiger partial charge on any atom is -0.481 e. The summed E-state index contributed by atoms with van der Waals surface area (Å²) in [5, 5.41) is 85.5. The number of Topliss-reactive ketones (excluding diaryl/α,β-unsaturated/α-hetero) is 1. The van der Waals surface area contributed by atoms with Gasteiger partial charge in [-0.15, -0.1) is 0 Å². The molecule has 0 radical (unpaired) electrons. The van der Waals surface area contributed by atoms with Crippen molar-refractivity contribution in [1.29, 1.82) is 0 Å². The highest BCUT2D eigenvalue weighted by Gasteiger charge is 2.51. The Kier molecular flexibility index (Phi) is 19.2. The van der Waals surface area contributed by atoms with Crippen LogP contribution in [-0.2, 0) is 33.3 Å². The molecule has 16 heteroatoms. The van der Waals surface area contributed by atoms with Gasteiger partial charge in [-0.3, -0.25) is 14.4 Å². The quantitative estimate of drug-likeness (QED) is 0.174. The standard InChI is InChI=1S/C40H61NO15/c1-4-23(2)31-15-13-11-9-7-5-6-8-10-12-14-27(54-39-37(49)35(41)36(48)24(3)53-39)20-32-34(38(50)51)30(46)22-40(52,56-32)21-29(45)28(44)17-16-25(42)18-26(43)19-33(47)55-31/h5-14,23-24,26-32,34-37,39,43-46,48-49,52H,4,15-22,41H2,1-3H3,(H,50,51)/b6-5-,9-7+,10-8+,13-11+,14-12-/t23?,24-,26?,27?,28?,29?,30?,31?,32?,34?,35+,36-,37+,39+,40?/m1/s1. The van der Waals surface area contributed by atoms with Crippen LogP contribution in [0.15, 0.2) is 60.8 Å². The van der Waals surface area contributed by atoms with Crippen LogP contribution < -0.4 is 5.73 Å². The first-order valence-electron chi connectivity index (χ1n) is 19.3. The lowest BCUT2D eigenvalue weighted by atomic mass is 9.82. The van der Waals surface area contributed by atoms with Gasteiger partial charge in [-0.25, -0.2) is 0 Å². The van der Waals surface area contributed by atoms with Crippen molar-refractivity contribution in [3.05, 3.63) is 60.8 Å². The Balaban J connectivity index is 1.91. The average Bonchev–Trinajstić information content (AvgIpc) is 3.11. The summed E-state index contributed by atoms with van der Waals surface area (Å²) in [5.41, 5.74) is 5.99. The number of fused-ring (bicyclic) bond motifs is 2. The van der Waals surface area contributed by atoms with Gasteiger partial charge >= 0.3 is 11.9 Å². The van der Waals surface area contributed by atoms with Crippen LogP contribution in [-0.4, -0.2) is 138 Å². The largest absolute Gasteiger partial charge is 0.481 e. The molecule has 316 valence electrons. The third-order valence-corrected chi connectivity index (χ3v) is 10.4. The molecule has 3 aliphatic rings. The normalized spacial score (nSPS) is 42.5. The van der Waals surface area contributed by atoms with Crippen molar-refractivity contribution >= 4 is 17.7 Å². The van der Waals surface area contributed by atoms with Crippen LogP contribution in [0.25, 0.3) is 0 Å². The molecular formula is C40H61NO15. The second kappa shape index (κ2) is 22.7. The zero-order chi connectivity index (χ0) is 41.6. The molecular weight excluding hydrogens is 734 g/mol. The van der Waals surface area contributed by atoms with Crippen molar-refractivity contribution in [2.75, 3.05) is 0 Å². The van der Waals surface area contributed by atoms with Gasteiger partial charge in [0.15, 0.2) is 12.1 Å². The van der Waals surface area contributed by atoms with Crippen molar-refractivity contribution in [1.82, 2.24) is 0 Å². The summed E-state index contributed by atoms with van der Waals surface area (Å²) in [7, 11) is 0. The van der Waals surface area contributed by atoms with Gasteiger partial charge in [0.1, 0.15) is 23.9 Å². The van der Waals surface area contributed by atoms with Crippen LogP contribution in [0.5, 0.6) is 0 Å². The van der Waals surface area contributed by atoms with Crippen LogP contribution >= 0.6 is 0 Å². The number of carbonyl (C=O) groups is 3. The van der Waals surface area contributed by atoms with Crippen LogP contribution in [0, 0.1) is 11.8 Å². The van der Waals surface area contributed by atoms with Gasteiger partial charge in [-0.1, -0.05) is 81.0 Å². The SMILES string of the molecule is CCC(C)C1C/C=C/C=C/C=C\C=C\C=C/C(O[C@@H]2O[C@H](C)[C@@H](O)[C@H](N)[C@@H]2O)CC2OC(O)(CC(O)C(O)CCC(=O)CC(O)CC(=O)O1)CC(O)C2C(=O)O. The Morgan fingerprint density at radius 1 is 0.929 bits per heavy atom. The highest BCUT2D eigenvalue weighted by molar-refractivity contribution is 5.80. The molecule has 16 nitrogen and oxygen atoms in total. The van der Waals surface area contributed by atoms with Gasteiger partial charge in [0.05, 0.1) is 61.3 Å². The number of esters is 1.